The summed E-state index contributed by atoms with van der Waals surface area (Å²) in [6.07, 6.45) is 2.20. The van der Waals surface area contributed by atoms with E-state index in [9.17, 15) is 14.7 Å². The number of carboxylic acid groups (broad SMARTS) is 1. The van der Waals surface area contributed by atoms with Gasteiger partial charge >= 0.3 is 5.97 Å². The number of ether oxygens (including phenoxy) is 1. The van der Waals surface area contributed by atoms with Gasteiger partial charge in [0.15, 0.2) is 6.04 Å². The van der Waals surface area contributed by atoms with Crippen LogP contribution in [0, 0.1) is 5.41 Å². The Morgan fingerprint density at radius 3 is 2.61 bits per heavy atom. The summed E-state index contributed by atoms with van der Waals surface area (Å²) in [6, 6.07) is 11.2. The first-order chi connectivity index (χ1) is 14.9. The van der Waals surface area contributed by atoms with Crippen LogP contribution in [0.3, 0.4) is 0 Å². The van der Waals surface area contributed by atoms with Crippen LogP contribution in [-0.2, 0) is 16.0 Å². The van der Waals surface area contributed by atoms with Crippen molar-refractivity contribution in [3.8, 4) is 5.75 Å². The Kier molecular flexibility index (Phi) is 7.12. The molecule has 1 aliphatic heterocycles. The Labute approximate surface area is 181 Å². The lowest BCUT2D eigenvalue weighted by atomic mass is 10.0. The standard InChI is InChI=1S/C23H28N4O4/c1-2-15-5-10-19(31-13-12-27-11-3-4-20(27)28)18(14-15)21(23(29)30)26-17-8-6-16(7-9-17)22(24)25/h5-10,14,21,26H,2-4,11-13H2,1H3,(H3,24,25)(H,29,30). The fraction of sp³-hybridized carbons (Fsp3) is 0.348. The number of aryl methyl sites for hydroxylation is 1. The molecule has 1 unspecified atom stereocenters. The molecule has 1 fully saturated rings. The first kappa shape index (κ1) is 22.1. The number of amidine groups is 1. The number of carboxylic acids is 1. The van der Waals surface area contributed by atoms with E-state index >= 15 is 0 Å². The molecule has 8 nitrogen and oxygen atoms in total. The molecule has 0 saturated carbocycles. The maximum Gasteiger partial charge on any atom is 0.330 e. The first-order valence-corrected chi connectivity index (χ1v) is 10.4. The van der Waals surface area contributed by atoms with Gasteiger partial charge in [-0.05, 0) is 54.8 Å². The third-order valence-electron chi connectivity index (χ3n) is 5.34. The topological polar surface area (TPSA) is 129 Å². The summed E-state index contributed by atoms with van der Waals surface area (Å²) in [7, 11) is 0. The van der Waals surface area contributed by atoms with E-state index in [1.54, 1.807) is 35.2 Å². The molecular formula is C23H28N4O4. The minimum Gasteiger partial charge on any atom is -0.491 e. The van der Waals surface area contributed by atoms with Crippen molar-refractivity contribution >= 4 is 23.4 Å². The smallest absolute Gasteiger partial charge is 0.330 e. The van der Waals surface area contributed by atoms with Crippen molar-refractivity contribution < 1.29 is 19.4 Å². The highest BCUT2D eigenvalue weighted by Gasteiger charge is 2.25. The summed E-state index contributed by atoms with van der Waals surface area (Å²) < 4.78 is 5.92. The number of aliphatic carboxylic acids is 1. The van der Waals surface area contributed by atoms with Gasteiger partial charge in [-0.2, -0.15) is 0 Å². The third-order valence-corrected chi connectivity index (χ3v) is 5.34. The van der Waals surface area contributed by atoms with Crippen molar-refractivity contribution in [3.63, 3.8) is 0 Å². The minimum absolute atomic E-state index is 0.0517. The highest BCUT2D eigenvalue weighted by molar-refractivity contribution is 5.95. The van der Waals surface area contributed by atoms with Gasteiger partial charge in [0.25, 0.3) is 0 Å². The second kappa shape index (κ2) is 9.97. The zero-order valence-electron chi connectivity index (χ0n) is 17.6. The van der Waals surface area contributed by atoms with Gasteiger partial charge in [-0.25, -0.2) is 4.79 Å². The van der Waals surface area contributed by atoms with E-state index in [2.05, 4.69) is 5.32 Å². The Balaban J connectivity index is 1.80. The monoisotopic (exact) mass is 424 g/mol. The maximum atomic E-state index is 12.1. The van der Waals surface area contributed by atoms with Gasteiger partial charge in [-0.1, -0.05) is 13.0 Å². The van der Waals surface area contributed by atoms with Gasteiger partial charge < -0.3 is 25.8 Å². The number of hydrogen-bond donors (Lipinski definition) is 4. The SMILES string of the molecule is CCc1ccc(OCCN2CCCC2=O)c(C(Nc2ccc(C(=N)N)cc2)C(=O)O)c1. The highest BCUT2D eigenvalue weighted by atomic mass is 16.5. The van der Waals surface area contributed by atoms with Gasteiger partial charge in [0.1, 0.15) is 18.2 Å². The molecule has 1 amide bonds. The van der Waals surface area contributed by atoms with Crippen LogP contribution in [0.5, 0.6) is 5.75 Å². The quantitative estimate of drug-likeness (QED) is 0.343. The summed E-state index contributed by atoms with van der Waals surface area (Å²) in [5, 5.41) is 20.4. The van der Waals surface area contributed by atoms with Crippen LogP contribution in [0.25, 0.3) is 0 Å². The number of anilines is 1. The summed E-state index contributed by atoms with van der Waals surface area (Å²) in [6.45, 7) is 3.51. The van der Waals surface area contributed by atoms with Crippen LogP contribution in [0.1, 0.15) is 42.5 Å². The largest absolute Gasteiger partial charge is 0.491 e. The van der Waals surface area contributed by atoms with Crippen molar-refractivity contribution in [2.24, 2.45) is 5.73 Å². The van der Waals surface area contributed by atoms with Crippen LogP contribution in [0.4, 0.5) is 5.69 Å². The molecule has 0 aliphatic carbocycles. The predicted octanol–water partition coefficient (Wildman–Crippen LogP) is 2.77. The van der Waals surface area contributed by atoms with Crippen LogP contribution >= 0.6 is 0 Å². The predicted molar refractivity (Wildman–Crippen MR) is 119 cm³/mol. The Hall–Kier alpha value is -3.55. The third kappa shape index (κ3) is 5.53. The summed E-state index contributed by atoms with van der Waals surface area (Å²) >= 11 is 0. The molecule has 1 saturated heterocycles. The fourth-order valence-electron chi connectivity index (χ4n) is 3.57. The van der Waals surface area contributed by atoms with Gasteiger partial charge in [0.2, 0.25) is 5.91 Å². The average molecular weight is 425 g/mol. The molecule has 1 aliphatic rings. The van der Waals surface area contributed by atoms with Crippen LogP contribution in [0.2, 0.25) is 0 Å². The van der Waals surface area contributed by atoms with Crippen molar-refractivity contribution in [1.82, 2.24) is 4.90 Å². The van der Waals surface area contributed by atoms with Gasteiger partial charge in [-0.15, -0.1) is 0 Å². The Morgan fingerprint density at radius 1 is 1.29 bits per heavy atom. The lowest BCUT2D eigenvalue weighted by Crippen LogP contribution is -2.29. The van der Waals surface area contributed by atoms with Crippen molar-refractivity contribution in [3.05, 3.63) is 59.2 Å². The van der Waals surface area contributed by atoms with E-state index in [-0.39, 0.29) is 11.7 Å². The van der Waals surface area contributed by atoms with Gasteiger partial charge in [0.05, 0.1) is 6.54 Å². The number of amides is 1. The van der Waals surface area contributed by atoms with Crippen molar-refractivity contribution in [2.75, 3.05) is 25.0 Å². The van der Waals surface area contributed by atoms with E-state index in [4.69, 9.17) is 15.9 Å². The Bertz CT molecular complexity index is 959. The zero-order chi connectivity index (χ0) is 22.4. The number of hydrogen-bond acceptors (Lipinski definition) is 5. The number of carbonyl (C=O) groups excluding carboxylic acids is 1. The molecule has 1 heterocycles. The van der Waals surface area contributed by atoms with Gasteiger partial charge in [-0.3, -0.25) is 10.2 Å². The number of nitrogens with one attached hydrogen (secondary N) is 2. The Morgan fingerprint density at radius 2 is 2.03 bits per heavy atom. The summed E-state index contributed by atoms with van der Waals surface area (Å²) in [4.78, 5) is 25.7. The average Bonchev–Trinajstić information content (AvgIpc) is 3.17. The molecule has 0 aromatic heterocycles. The number of nitrogens with zero attached hydrogens (tertiary/aromatic N) is 1. The molecule has 164 valence electrons. The van der Waals surface area contributed by atoms with E-state index in [1.807, 2.05) is 19.1 Å². The minimum atomic E-state index is -1.04. The van der Waals surface area contributed by atoms with Gasteiger partial charge in [0, 0.05) is 29.8 Å². The second-order valence-corrected chi connectivity index (χ2v) is 7.47. The molecule has 31 heavy (non-hydrogen) atoms. The number of likely N-dealkylation sites (tertiary alicyclic amines) is 1. The molecule has 2 aromatic carbocycles. The fourth-order valence-corrected chi connectivity index (χ4v) is 3.57. The number of rotatable bonds is 10. The number of carbonyl (C=O) groups is 2. The number of nitrogen functional groups attached to an aromatic ring is 1. The van der Waals surface area contributed by atoms with E-state index < -0.39 is 12.0 Å². The molecular weight excluding hydrogens is 396 g/mol. The second-order valence-electron chi connectivity index (χ2n) is 7.47. The summed E-state index contributed by atoms with van der Waals surface area (Å²) in [5.74, 6) is -0.485. The van der Waals surface area contributed by atoms with Crippen LogP contribution in [0.15, 0.2) is 42.5 Å². The van der Waals surface area contributed by atoms with E-state index in [0.717, 1.165) is 24.9 Å². The number of benzene rings is 2. The van der Waals surface area contributed by atoms with Crippen LogP contribution < -0.4 is 15.8 Å². The molecule has 2 aromatic rings. The zero-order valence-corrected chi connectivity index (χ0v) is 17.6. The van der Waals surface area contributed by atoms with Crippen molar-refractivity contribution in [1.29, 1.82) is 5.41 Å². The van der Waals surface area contributed by atoms with E-state index in [1.165, 1.54) is 0 Å². The molecule has 0 radical (unpaired) electrons. The summed E-state index contributed by atoms with van der Waals surface area (Å²) in [5.41, 5.74) is 8.16. The normalized spacial score (nSPS) is 14.4. The molecule has 5 N–H and O–H groups in total. The highest BCUT2D eigenvalue weighted by Crippen LogP contribution is 2.30. The maximum absolute atomic E-state index is 12.1. The number of nitrogens with two attached hydrogens (primary N) is 1. The molecule has 0 spiro atoms. The van der Waals surface area contributed by atoms with Crippen molar-refractivity contribution in [2.45, 2.75) is 32.2 Å². The van der Waals surface area contributed by atoms with E-state index in [0.29, 0.717) is 42.1 Å². The lowest BCUT2D eigenvalue weighted by molar-refractivity contribution is -0.138. The molecule has 3 rings (SSSR count). The molecule has 8 heteroatoms. The first-order valence-electron chi connectivity index (χ1n) is 10.4. The lowest BCUT2D eigenvalue weighted by Gasteiger charge is -2.22. The molecule has 1 atom stereocenters. The molecule has 0 bridgehead atoms. The van der Waals surface area contributed by atoms with Crippen LogP contribution in [-0.4, -0.2) is 47.4 Å².